The van der Waals surface area contributed by atoms with Gasteiger partial charge in [0.1, 0.15) is 6.04 Å². The van der Waals surface area contributed by atoms with Crippen LogP contribution < -0.4 is 5.32 Å². The van der Waals surface area contributed by atoms with Crippen molar-refractivity contribution >= 4 is 5.97 Å². The lowest BCUT2D eigenvalue weighted by Crippen LogP contribution is -2.44. The first-order valence-electron chi connectivity index (χ1n) is 6.32. The number of carbonyl (C=O) groups excluding carboxylic acids is 1. The van der Waals surface area contributed by atoms with Gasteiger partial charge in [0, 0.05) is 0 Å². The van der Waals surface area contributed by atoms with E-state index in [0.29, 0.717) is 12.5 Å². The van der Waals surface area contributed by atoms with Crippen LogP contribution in [0.2, 0.25) is 0 Å². The Morgan fingerprint density at radius 2 is 2.12 bits per heavy atom. The van der Waals surface area contributed by atoms with Crippen LogP contribution in [0.25, 0.3) is 0 Å². The number of hydrogen-bond donors (Lipinski definition) is 1. The molecule has 3 heteroatoms. The number of esters is 1. The Morgan fingerprint density at radius 3 is 2.69 bits per heavy atom. The minimum atomic E-state index is -0.0824. The van der Waals surface area contributed by atoms with E-state index in [4.69, 9.17) is 4.74 Å². The summed E-state index contributed by atoms with van der Waals surface area (Å²) in [5, 5.41) is 3.24. The number of hydrogen-bond acceptors (Lipinski definition) is 3. The molecule has 1 aliphatic rings. The van der Waals surface area contributed by atoms with E-state index in [9.17, 15) is 4.79 Å². The number of carbonyl (C=O) groups is 1. The van der Waals surface area contributed by atoms with Crippen LogP contribution in [0.3, 0.4) is 0 Å². The van der Waals surface area contributed by atoms with Crippen molar-refractivity contribution in [2.24, 2.45) is 11.3 Å². The number of rotatable bonds is 3. The van der Waals surface area contributed by atoms with E-state index in [1.807, 2.05) is 0 Å². The molecule has 3 nitrogen and oxygen atoms in total. The van der Waals surface area contributed by atoms with E-state index in [1.54, 1.807) is 0 Å². The second-order valence-electron chi connectivity index (χ2n) is 5.97. The molecule has 0 aromatic carbocycles. The number of ether oxygens (including phenoxy) is 1. The van der Waals surface area contributed by atoms with E-state index >= 15 is 0 Å². The minimum absolute atomic E-state index is 0.0501. The van der Waals surface area contributed by atoms with Crippen molar-refractivity contribution in [1.29, 1.82) is 0 Å². The molecule has 1 saturated heterocycles. The van der Waals surface area contributed by atoms with Crippen LogP contribution in [0, 0.1) is 11.3 Å². The molecular weight excluding hydrogens is 202 g/mol. The molecule has 0 aliphatic carbocycles. The van der Waals surface area contributed by atoms with Crippen LogP contribution in [0.1, 0.15) is 47.0 Å². The van der Waals surface area contributed by atoms with Crippen molar-refractivity contribution in [3.63, 3.8) is 0 Å². The third kappa shape index (κ3) is 4.52. The smallest absolute Gasteiger partial charge is 0.323 e. The summed E-state index contributed by atoms with van der Waals surface area (Å²) in [6.07, 6.45) is 3.27. The second-order valence-corrected chi connectivity index (χ2v) is 5.97. The summed E-state index contributed by atoms with van der Waals surface area (Å²) in [6, 6.07) is -0.0824. The van der Waals surface area contributed by atoms with Gasteiger partial charge in [0.25, 0.3) is 0 Å². The van der Waals surface area contributed by atoms with Gasteiger partial charge in [0.2, 0.25) is 0 Å². The average molecular weight is 227 g/mol. The van der Waals surface area contributed by atoms with Gasteiger partial charge in [-0.1, -0.05) is 34.1 Å². The third-order valence-corrected chi connectivity index (χ3v) is 3.02. The predicted molar refractivity (Wildman–Crippen MR) is 65.2 cm³/mol. The lowest BCUT2D eigenvalue weighted by atomic mass is 9.90. The van der Waals surface area contributed by atoms with E-state index in [1.165, 1.54) is 6.42 Å². The van der Waals surface area contributed by atoms with Gasteiger partial charge in [-0.15, -0.1) is 0 Å². The molecule has 1 fully saturated rings. The Morgan fingerprint density at radius 1 is 1.44 bits per heavy atom. The van der Waals surface area contributed by atoms with Crippen molar-refractivity contribution in [1.82, 2.24) is 5.32 Å². The molecule has 0 bridgehead atoms. The maximum Gasteiger partial charge on any atom is 0.323 e. The fraction of sp³-hybridized carbons (Fsp3) is 0.923. The van der Waals surface area contributed by atoms with E-state index in [2.05, 4.69) is 33.0 Å². The zero-order valence-corrected chi connectivity index (χ0v) is 11.0. The molecule has 2 atom stereocenters. The first-order chi connectivity index (χ1) is 7.42. The average Bonchev–Trinajstić information content (AvgIpc) is 2.25. The number of nitrogens with one attached hydrogen (secondary N) is 1. The molecule has 0 saturated carbocycles. The van der Waals surface area contributed by atoms with Crippen LogP contribution in [-0.2, 0) is 9.53 Å². The van der Waals surface area contributed by atoms with Crippen LogP contribution >= 0.6 is 0 Å². The van der Waals surface area contributed by atoms with Crippen molar-refractivity contribution in [3.8, 4) is 0 Å². The van der Waals surface area contributed by atoms with Crippen LogP contribution in [-0.4, -0.2) is 25.2 Å². The highest BCUT2D eigenvalue weighted by Gasteiger charge is 2.27. The van der Waals surface area contributed by atoms with Crippen molar-refractivity contribution < 1.29 is 9.53 Å². The largest absolute Gasteiger partial charge is 0.464 e. The Bertz CT molecular complexity index is 233. The SMILES string of the molecule is CC[C@@H]1CCN[C@@H](C(=O)OCC(C)(C)C)C1. The predicted octanol–water partition coefficient (Wildman–Crippen LogP) is 2.35. The fourth-order valence-corrected chi connectivity index (χ4v) is 1.93. The molecular formula is C13H25NO2. The summed E-state index contributed by atoms with van der Waals surface area (Å²) in [5.41, 5.74) is 0.0501. The quantitative estimate of drug-likeness (QED) is 0.752. The Kier molecular flexibility index (Phi) is 4.78. The standard InChI is InChI=1S/C13H25NO2/c1-5-10-6-7-14-11(8-10)12(15)16-9-13(2,3)4/h10-11,14H,5-9H2,1-4H3/t10-,11-/m1/s1. The monoisotopic (exact) mass is 227 g/mol. The summed E-state index contributed by atoms with van der Waals surface area (Å²) in [4.78, 5) is 11.8. The molecule has 1 heterocycles. The normalized spacial score (nSPS) is 26.5. The summed E-state index contributed by atoms with van der Waals surface area (Å²) < 4.78 is 5.34. The summed E-state index contributed by atoms with van der Waals surface area (Å²) in [6.45, 7) is 9.85. The van der Waals surface area contributed by atoms with Crippen molar-refractivity contribution in [2.45, 2.75) is 53.0 Å². The highest BCUT2D eigenvalue weighted by Crippen LogP contribution is 2.21. The van der Waals surface area contributed by atoms with Gasteiger partial charge >= 0.3 is 5.97 Å². The van der Waals surface area contributed by atoms with Crippen molar-refractivity contribution in [2.75, 3.05) is 13.2 Å². The van der Waals surface area contributed by atoms with Gasteiger partial charge in [0.15, 0.2) is 0 Å². The molecule has 16 heavy (non-hydrogen) atoms. The van der Waals surface area contributed by atoms with Crippen LogP contribution in [0.5, 0.6) is 0 Å². The molecule has 0 aromatic rings. The van der Waals surface area contributed by atoms with Crippen LogP contribution in [0.15, 0.2) is 0 Å². The third-order valence-electron chi connectivity index (χ3n) is 3.02. The highest BCUT2D eigenvalue weighted by atomic mass is 16.5. The van der Waals surface area contributed by atoms with Crippen molar-refractivity contribution in [3.05, 3.63) is 0 Å². The van der Waals surface area contributed by atoms with Gasteiger partial charge in [-0.05, 0) is 30.7 Å². The van der Waals surface area contributed by atoms with Gasteiger partial charge in [-0.3, -0.25) is 4.79 Å². The zero-order valence-electron chi connectivity index (χ0n) is 11.0. The molecule has 94 valence electrons. The van der Waals surface area contributed by atoms with Gasteiger partial charge in [0.05, 0.1) is 6.61 Å². The Hall–Kier alpha value is -0.570. The first kappa shape index (κ1) is 13.5. The molecule has 1 rings (SSSR count). The Balaban J connectivity index is 2.36. The summed E-state index contributed by atoms with van der Waals surface area (Å²) in [5.74, 6) is 0.599. The van der Waals surface area contributed by atoms with Gasteiger partial charge < -0.3 is 10.1 Å². The highest BCUT2D eigenvalue weighted by molar-refractivity contribution is 5.75. The van der Waals surface area contributed by atoms with E-state index in [0.717, 1.165) is 19.4 Å². The Labute approximate surface area is 98.9 Å². The lowest BCUT2D eigenvalue weighted by molar-refractivity contribution is -0.150. The molecule has 0 aromatic heterocycles. The van der Waals surface area contributed by atoms with E-state index < -0.39 is 0 Å². The first-order valence-corrected chi connectivity index (χ1v) is 6.32. The maximum absolute atomic E-state index is 11.8. The topological polar surface area (TPSA) is 38.3 Å². The molecule has 0 spiro atoms. The molecule has 1 aliphatic heterocycles. The second kappa shape index (κ2) is 5.67. The van der Waals surface area contributed by atoms with E-state index in [-0.39, 0.29) is 17.4 Å². The minimum Gasteiger partial charge on any atom is -0.464 e. The molecule has 1 N–H and O–H groups in total. The fourth-order valence-electron chi connectivity index (χ4n) is 1.93. The summed E-state index contributed by atoms with van der Waals surface area (Å²) >= 11 is 0. The molecule has 0 amide bonds. The lowest BCUT2D eigenvalue weighted by Gasteiger charge is -2.29. The zero-order chi connectivity index (χ0) is 12.2. The molecule has 0 radical (unpaired) electrons. The molecule has 0 unspecified atom stereocenters. The maximum atomic E-state index is 11.8. The number of piperidine rings is 1. The van der Waals surface area contributed by atoms with Crippen LogP contribution in [0.4, 0.5) is 0 Å². The van der Waals surface area contributed by atoms with Gasteiger partial charge in [-0.2, -0.15) is 0 Å². The summed E-state index contributed by atoms with van der Waals surface area (Å²) in [7, 11) is 0. The van der Waals surface area contributed by atoms with Gasteiger partial charge in [-0.25, -0.2) is 0 Å².